The fourth-order valence-corrected chi connectivity index (χ4v) is 1.68. The van der Waals surface area contributed by atoms with Crippen molar-refractivity contribution in [3.63, 3.8) is 0 Å². The Hall–Kier alpha value is -1.09. The molecule has 0 spiro atoms. The molecule has 0 aromatic rings. The highest BCUT2D eigenvalue weighted by atomic mass is 35.5. The molecule has 0 amide bonds. The Balaban J connectivity index is 3.07. The standard InChI is InChI=1S/C9H9ClO3/c1-9(2)5(7(10)11)3-4-6(9)8(12)13/h3-4H,1-2H3,(H,12,13). The number of halogens is 1. The molecule has 1 rings (SSSR count). The number of hydrogen-bond donors (Lipinski definition) is 1. The van der Waals surface area contributed by atoms with Gasteiger partial charge in [-0.15, -0.1) is 0 Å². The zero-order valence-corrected chi connectivity index (χ0v) is 8.05. The maximum absolute atomic E-state index is 10.9. The second kappa shape index (κ2) is 3.00. The Morgan fingerprint density at radius 1 is 1.31 bits per heavy atom. The van der Waals surface area contributed by atoms with Gasteiger partial charge in [0, 0.05) is 16.6 Å². The van der Waals surface area contributed by atoms with E-state index in [1.165, 1.54) is 12.2 Å². The normalized spacial score (nSPS) is 19.3. The van der Waals surface area contributed by atoms with Gasteiger partial charge in [0.05, 0.1) is 0 Å². The second-order valence-electron chi connectivity index (χ2n) is 3.36. The van der Waals surface area contributed by atoms with E-state index in [9.17, 15) is 9.59 Å². The van der Waals surface area contributed by atoms with Crippen LogP contribution < -0.4 is 0 Å². The summed E-state index contributed by atoms with van der Waals surface area (Å²) < 4.78 is 0. The molecule has 0 radical (unpaired) electrons. The third kappa shape index (κ3) is 1.52. The molecule has 1 N–H and O–H groups in total. The number of aliphatic carboxylic acids is 1. The van der Waals surface area contributed by atoms with E-state index in [2.05, 4.69) is 0 Å². The molecule has 13 heavy (non-hydrogen) atoms. The van der Waals surface area contributed by atoms with Crippen LogP contribution in [0.1, 0.15) is 13.8 Å². The minimum atomic E-state index is -1.02. The van der Waals surface area contributed by atoms with Gasteiger partial charge in [0.25, 0.3) is 0 Å². The molecule has 0 saturated carbocycles. The summed E-state index contributed by atoms with van der Waals surface area (Å²) >= 11 is 5.31. The first-order chi connectivity index (χ1) is 5.87. The van der Waals surface area contributed by atoms with E-state index < -0.39 is 16.6 Å². The second-order valence-corrected chi connectivity index (χ2v) is 3.71. The molecule has 0 heterocycles. The summed E-state index contributed by atoms with van der Waals surface area (Å²) in [7, 11) is 0. The quantitative estimate of drug-likeness (QED) is 0.691. The van der Waals surface area contributed by atoms with E-state index in [1.54, 1.807) is 13.8 Å². The van der Waals surface area contributed by atoms with Crippen LogP contribution in [0, 0.1) is 5.41 Å². The Morgan fingerprint density at radius 3 is 2.00 bits per heavy atom. The van der Waals surface area contributed by atoms with E-state index in [1.807, 2.05) is 0 Å². The minimum Gasteiger partial charge on any atom is -0.478 e. The molecule has 3 nitrogen and oxygen atoms in total. The third-order valence-corrected chi connectivity index (χ3v) is 2.41. The minimum absolute atomic E-state index is 0.191. The van der Waals surface area contributed by atoms with Gasteiger partial charge in [-0.3, -0.25) is 4.79 Å². The van der Waals surface area contributed by atoms with Crippen molar-refractivity contribution in [1.29, 1.82) is 0 Å². The molecular formula is C9H9ClO3. The molecule has 0 bridgehead atoms. The van der Waals surface area contributed by atoms with Crippen LogP contribution in [-0.4, -0.2) is 16.3 Å². The number of rotatable bonds is 2. The first-order valence-electron chi connectivity index (χ1n) is 3.73. The van der Waals surface area contributed by atoms with Gasteiger partial charge in [0.1, 0.15) is 0 Å². The van der Waals surface area contributed by atoms with Crippen LogP contribution in [0.2, 0.25) is 0 Å². The Bertz CT molecular complexity index is 305. The molecule has 0 unspecified atom stereocenters. The Labute approximate surface area is 80.7 Å². The molecule has 0 fully saturated rings. The van der Waals surface area contributed by atoms with Gasteiger partial charge in [0.15, 0.2) is 0 Å². The van der Waals surface area contributed by atoms with Crippen LogP contribution >= 0.6 is 11.6 Å². The molecule has 4 heteroatoms. The van der Waals surface area contributed by atoms with Crippen molar-refractivity contribution in [2.24, 2.45) is 5.41 Å². The molecular weight excluding hydrogens is 192 g/mol. The lowest BCUT2D eigenvalue weighted by molar-refractivity contribution is -0.133. The third-order valence-electron chi connectivity index (χ3n) is 2.21. The molecule has 0 aromatic carbocycles. The van der Waals surface area contributed by atoms with E-state index in [0.29, 0.717) is 5.57 Å². The maximum Gasteiger partial charge on any atom is 0.332 e. The lowest BCUT2D eigenvalue weighted by Crippen LogP contribution is -2.23. The summed E-state index contributed by atoms with van der Waals surface area (Å²) in [5.74, 6) is -1.02. The van der Waals surface area contributed by atoms with Crippen molar-refractivity contribution < 1.29 is 14.7 Å². The molecule has 0 aliphatic heterocycles. The van der Waals surface area contributed by atoms with Crippen LogP contribution in [0.3, 0.4) is 0 Å². The average molecular weight is 201 g/mol. The number of carboxylic acid groups (broad SMARTS) is 1. The maximum atomic E-state index is 10.9. The highest BCUT2D eigenvalue weighted by Crippen LogP contribution is 2.40. The van der Waals surface area contributed by atoms with Crippen molar-refractivity contribution in [2.45, 2.75) is 13.8 Å². The van der Waals surface area contributed by atoms with Crippen LogP contribution in [0.4, 0.5) is 0 Å². The highest BCUT2D eigenvalue weighted by molar-refractivity contribution is 6.68. The summed E-state index contributed by atoms with van der Waals surface area (Å²) in [5, 5.41) is 8.19. The van der Waals surface area contributed by atoms with Gasteiger partial charge < -0.3 is 5.11 Å². The van der Waals surface area contributed by atoms with E-state index in [4.69, 9.17) is 16.7 Å². The number of carbonyl (C=O) groups excluding carboxylic acids is 1. The lowest BCUT2D eigenvalue weighted by atomic mass is 9.81. The molecule has 1 aliphatic carbocycles. The fourth-order valence-electron chi connectivity index (χ4n) is 1.38. The monoisotopic (exact) mass is 200 g/mol. The van der Waals surface area contributed by atoms with Crippen LogP contribution in [-0.2, 0) is 9.59 Å². The summed E-state index contributed by atoms with van der Waals surface area (Å²) in [6.45, 7) is 3.32. The van der Waals surface area contributed by atoms with Crippen molar-refractivity contribution in [3.8, 4) is 0 Å². The first-order valence-corrected chi connectivity index (χ1v) is 4.11. The van der Waals surface area contributed by atoms with Crippen molar-refractivity contribution in [3.05, 3.63) is 23.3 Å². The van der Waals surface area contributed by atoms with E-state index in [-0.39, 0.29) is 5.57 Å². The summed E-state index contributed by atoms with van der Waals surface area (Å²) in [4.78, 5) is 21.6. The van der Waals surface area contributed by atoms with Gasteiger partial charge in [-0.25, -0.2) is 4.79 Å². The predicted molar refractivity (Wildman–Crippen MR) is 48.4 cm³/mol. The zero-order valence-electron chi connectivity index (χ0n) is 7.30. The van der Waals surface area contributed by atoms with Crippen LogP contribution in [0.25, 0.3) is 0 Å². The van der Waals surface area contributed by atoms with E-state index in [0.717, 1.165) is 0 Å². The molecule has 0 aromatic heterocycles. The van der Waals surface area contributed by atoms with E-state index >= 15 is 0 Å². The number of carbonyl (C=O) groups is 2. The summed E-state index contributed by atoms with van der Waals surface area (Å²) in [6, 6.07) is 0. The predicted octanol–water partition coefficient (Wildman–Crippen LogP) is 1.73. The van der Waals surface area contributed by atoms with Crippen molar-refractivity contribution >= 4 is 22.8 Å². The first kappa shape index (κ1) is 9.99. The largest absolute Gasteiger partial charge is 0.478 e. The summed E-state index contributed by atoms with van der Waals surface area (Å²) in [5.41, 5.74) is -0.270. The highest BCUT2D eigenvalue weighted by Gasteiger charge is 2.38. The fraction of sp³-hybridized carbons (Fsp3) is 0.333. The lowest BCUT2D eigenvalue weighted by Gasteiger charge is -2.21. The van der Waals surface area contributed by atoms with Crippen LogP contribution in [0.5, 0.6) is 0 Å². The van der Waals surface area contributed by atoms with Crippen molar-refractivity contribution in [1.82, 2.24) is 0 Å². The smallest absolute Gasteiger partial charge is 0.332 e. The van der Waals surface area contributed by atoms with Gasteiger partial charge in [-0.2, -0.15) is 0 Å². The van der Waals surface area contributed by atoms with Crippen LogP contribution in [0.15, 0.2) is 23.3 Å². The SMILES string of the molecule is CC1(C)C(C(=O)O)=CC=C1C(=O)Cl. The number of carboxylic acids is 1. The molecule has 0 saturated heterocycles. The van der Waals surface area contributed by atoms with Gasteiger partial charge >= 0.3 is 5.97 Å². The summed E-state index contributed by atoms with van der Waals surface area (Å²) in [6.07, 6.45) is 2.87. The molecule has 70 valence electrons. The average Bonchev–Trinajstić information content (AvgIpc) is 2.24. The van der Waals surface area contributed by atoms with Gasteiger partial charge in [-0.1, -0.05) is 26.0 Å². The Morgan fingerprint density at radius 2 is 1.77 bits per heavy atom. The number of hydrogen-bond acceptors (Lipinski definition) is 2. The number of allylic oxidation sites excluding steroid dienone is 3. The molecule has 1 aliphatic rings. The molecule has 0 atom stereocenters. The zero-order chi connectivity index (χ0) is 10.2. The van der Waals surface area contributed by atoms with Gasteiger partial charge in [-0.05, 0) is 11.6 Å². The topological polar surface area (TPSA) is 54.4 Å². The Kier molecular flexibility index (Phi) is 2.30. The van der Waals surface area contributed by atoms with Crippen molar-refractivity contribution in [2.75, 3.05) is 0 Å². The van der Waals surface area contributed by atoms with Gasteiger partial charge in [0.2, 0.25) is 5.24 Å².